The van der Waals surface area contributed by atoms with Gasteiger partial charge in [-0.2, -0.15) is 0 Å². The molecule has 5 heteroatoms. The average Bonchev–Trinajstić information content (AvgIpc) is 2.80. The van der Waals surface area contributed by atoms with Gasteiger partial charge < -0.3 is 0 Å². The fourth-order valence-corrected chi connectivity index (χ4v) is 7.09. The molecule has 0 aliphatic heterocycles. The first kappa shape index (κ1) is 35.6. The van der Waals surface area contributed by atoms with E-state index in [4.69, 9.17) is 33.2 Å². The Kier molecular flexibility index (Phi) is 30.5. The molecule has 0 fully saturated rings. The van der Waals surface area contributed by atoms with Crippen molar-refractivity contribution in [1.82, 2.24) is 0 Å². The van der Waals surface area contributed by atoms with Crippen LogP contribution in [0.1, 0.15) is 173 Å². The van der Waals surface area contributed by atoms with E-state index >= 15 is 0 Å². The maximum Gasteiger partial charge on any atom is 0.341 e. The lowest BCUT2D eigenvalue weighted by atomic mass is 10.0. The van der Waals surface area contributed by atoms with Crippen molar-refractivity contribution in [2.45, 2.75) is 179 Å². The van der Waals surface area contributed by atoms with Gasteiger partial charge in [-0.25, -0.2) is 0 Å². The van der Waals surface area contributed by atoms with Gasteiger partial charge in [0.25, 0.3) is 0 Å². The Morgan fingerprint density at radius 2 is 0.471 bits per heavy atom. The zero-order chi connectivity index (χ0) is 25.0. The van der Waals surface area contributed by atoms with Crippen LogP contribution >= 0.6 is 49.2 Å². The van der Waals surface area contributed by atoms with Crippen molar-refractivity contribution in [3.8, 4) is 0 Å². The molecule has 0 saturated heterocycles. The third kappa shape index (κ3) is 33.6. The third-order valence-corrected chi connectivity index (χ3v) is 10.3. The molecule has 0 rings (SSSR count). The first-order valence-corrected chi connectivity index (χ1v) is 21.6. The minimum Gasteiger partial charge on any atom is -0.126 e. The molecule has 0 unspecified atom stereocenters. The zero-order valence-corrected chi connectivity index (χ0v) is 27.4. The Morgan fingerprint density at radius 3 is 0.647 bits per heavy atom. The highest BCUT2D eigenvalue weighted by Crippen LogP contribution is 2.27. The normalized spacial score (nSPS) is 12.0. The number of hydrogen-bond donors (Lipinski definition) is 0. The Bertz CT molecular complexity index is 377. The summed E-state index contributed by atoms with van der Waals surface area (Å²) in [6.45, 7) is 0. The second-order valence-corrected chi connectivity index (χ2v) is 20.7. The minimum absolute atomic E-state index is 0.830. The van der Waals surface area contributed by atoms with E-state index in [0.717, 1.165) is 12.5 Å². The summed E-state index contributed by atoms with van der Waals surface area (Å²) in [5, 5.41) is 1.18. The summed E-state index contributed by atoms with van der Waals surface area (Å²) in [7, 11) is 0. The number of rotatable bonds is 29. The van der Waals surface area contributed by atoms with Crippen LogP contribution in [0, 0.1) is 0 Å². The Morgan fingerprint density at radius 1 is 0.294 bits per heavy atom. The minimum atomic E-state index is -2.36. The molecular weight excluding hydrogens is 563 g/mol. The van der Waals surface area contributed by atoms with E-state index in [-0.39, 0.29) is 0 Å². The highest BCUT2D eigenvalue weighted by molar-refractivity contribution is 9.09. The topological polar surface area (TPSA) is 0 Å². The first-order chi connectivity index (χ1) is 16.6. The highest BCUT2D eigenvalue weighted by Gasteiger charge is 2.23. The highest BCUT2D eigenvalue weighted by atomic mass is 79.9. The zero-order valence-electron chi connectivity index (χ0n) is 22.5. The molecule has 0 saturated carbocycles. The van der Waals surface area contributed by atoms with Crippen LogP contribution < -0.4 is 0 Å². The summed E-state index contributed by atoms with van der Waals surface area (Å²) in [4.78, 5) is 0. The third-order valence-electron chi connectivity index (χ3n) is 7.09. The van der Waals surface area contributed by atoms with E-state index in [1.807, 2.05) is 0 Å². The van der Waals surface area contributed by atoms with Crippen LogP contribution in [0.4, 0.5) is 0 Å². The second kappa shape index (κ2) is 29.1. The molecule has 0 aliphatic rings. The summed E-state index contributed by atoms with van der Waals surface area (Å²) in [5.41, 5.74) is 0. The van der Waals surface area contributed by atoms with Gasteiger partial charge in [-0.3, -0.25) is 0 Å². The molecule has 0 radical (unpaired) electrons. The fourth-order valence-electron chi connectivity index (χ4n) is 4.84. The lowest BCUT2D eigenvalue weighted by Crippen LogP contribution is -2.07. The Labute approximate surface area is 238 Å². The molecule has 0 amide bonds. The fraction of sp³-hybridized carbons (Fsp3) is 1.00. The van der Waals surface area contributed by atoms with Crippen molar-refractivity contribution in [2.75, 3.05) is 5.33 Å². The predicted molar refractivity (Wildman–Crippen MR) is 167 cm³/mol. The smallest absolute Gasteiger partial charge is 0.126 e. The molecule has 0 N–H and O–H groups in total. The monoisotopic (exact) mass is 618 g/mol. The van der Waals surface area contributed by atoms with Crippen LogP contribution in [0.2, 0.25) is 6.04 Å². The number of unbranched alkanes of at least 4 members (excludes halogenated alkanes) is 26. The van der Waals surface area contributed by atoms with Crippen LogP contribution in [0.25, 0.3) is 0 Å². The summed E-state index contributed by atoms with van der Waals surface area (Å²) < 4.78 is 0. The summed E-state index contributed by atoms with van der Waals surface area (Å²) in [6.07, 6.45) is 38.4. The van der Waals surface area contributed by atoms with Crippen LogP contribution in [0.15, 0.2) is 0 Å². The average molecular weight is 621 g/mol. The summed E-state index contributed by atoms with van der Waals surface area (Å²) >= 11 is 21.3. The second-order valence-electron chi connectivity index (χ2n) is 10.6. The number of alkyl halides is 1. The first-order valence-electron chi connectivity index (χ1n) is 15.2. The van der Waals surface area contributed by atoms with Crippen LogP contribution in [0.3, 0.4) is 0 Å². The van der Waals surface area contributed by atoms with Gasteiger partial charge in [0.15, 0.2) is 0 Å². The molecule has 34 heavy (non-hydrogen) atoms. The summed E-state index contributed by atoms with van der Waals surface area (Å²) in [6, 6.07) is -1.53. The van der Waals surface area contributed by atoms with Crippen LogP contribution in [-0.2, 0) is 0 Å². The van der Waals surface area contributed by atoms with E-state index in [2.05, 4.69) is 15.9 Å². The molecule has 206 valence electrons. The molecule has 0 nitrogen and oxygen atoms in total. The van der Waals surface area contributed by atoms with E-state index in [0.29, 0.717) is 0 Å². The Hall–Kier alpha value is 1.57. The van der Waals surface area contributed by atoms with Gasteiger partial charge in [-0.15, -0.1) is 33.2 Å². The number of halogens is 4. The molecule has 0 atom stereocenters. The van der Waals surface area contributed by atoms with Gasteiger partial charge >= 0.3 is 6.00 Å². The quantitative estimate of drug-likeness (QED) is 0.0338. The van der Waals surface area contributed by atoms with E-state index in [9.17, 15) is 0 Å². The van der Waals surface area contributed by atoms with Gasteiger partial charge in [0.1, 0.15) is 0 Å². The van der Waals surface area contributed by atoms with Gasteiger partial charge in [0.05, 0.1) is 0 Å². The van der Waals surface area contributed by atoms with Crippen LogP contribution in [-0.4, -0.2) is 11.3 Å². The largest absolute Gasteiger partial charge is 0.341 e. The van der Waals surface area contributed by atoms with Crippen molar-refractivity contribution < 1.29 is 0 Å². The maximum absolute atomic E-state index is 5.91. The predicted octanol–water partition coefficient (Wildman–Crippen LogP) is 13.6. The molecule has 0 aromatic rings. The van der Waals surface area contributed by atoms with Crippen molar-refractivity contribution in [3.05, 3.63) is 0 Å². The van der Waals surface area contributed by atoms with Crippen LogP contribution in [0.5, 0.6) is 0 Å². The van der Waals surface area contributed by atoms with Gasteiger partial charge in [-0.05, 0) is 12.5 Å². The molecule has 0 aliphatic carbocycles. The van der Waals surface area contributed by atoms with E-state index in [1.54, 1.807) is 0 Å². The van der Waals surface area contributed by atoms with Crippen molar-refractivity contribution in [2.24, 2.45) is 0 Å². The van der Waals surface area contributed by atoms with Gasteiger partial charge in [0, 0.05) is 5.33 Å². The SMILES string of the molecule is Cl[Si](Cl)(Cl)CCCCCCCCCCCCCCCCCCCCCCCCCCCCCBr. The van der Waals surface area contributed by atoms with Crippen molar-refractivity contribution >= 4 is 55.2 Å². The number of hydrogen-bond acceptors (Lipinski definition) is 0. The maximum atomic E-state index is 5.91. The molecule has 0 aromatic heterocycles. The van der Waals surface area contributed by atoms with Crippen molar-refractivity contribution in [3.63, 3.8) is 0 Å². The lowest BCUT2D eigenvalue weighted by molar-refractivity contribution is 0.515. The molecule has 0 bridgehead atoms. The van der Waals surface area contributed by atoms with Gasteiger partial charge in [-0.1, -0.05) is 183 Å². The Balaban J connectivity index is 3.03. The standard InChI is InChI=1S/C29H58BrCl3Si/c30-28-26-24-22-20-18-16-14-12-10-8-6-4-2-1-3-5-7-9-11-13-15-17-19-21-23-25-27-29-34(31,32)33/h1-29H2. The summed E-state index contributed by atoms with van der Waals surface area (Å²) in [5.74, 6) is 0. The van der Waals surface area contributed by atoms with E-state index < -0.39 is 6.00 Å². The van der Waals surface area contributed by atoms with Crippen molar-refractivity contribution in [1.29, 1.82) is 0 Å². The van der Waals surface area contributed by atoms with Gasteiger partial charge in [0.2, 0.25) is 0 Å². The molecule has 0 heterocycles. The lowest BCUT2D eigenvalue weighted by Gasteiger charge is -2.07. The van der Waals surface area contributed by atoms with E-state index in [1.165, 1.54) is 172 Å². The molecule has 0 spiro atoms. The molecular formula is C29H58BrCl3Si. The molecule has 0 aromatic carbocycles.